The maximum Gasteiger partial charge on any atom is 0.321 e. The molecule has 3 aliphatic heterocycles. The monoisotopic (exact) mass is 331 g/mol. The molecule has 1 N–H and O–H groups in total. The van der Waals surface area contributed by atoms with Gasteiger partial charge in [0.2, 0.25) is 0 Å². The van der Waals surface area contributed by atoms with E-state index in [-0.39, 0.29) is 6.03 Å². The zero-order valence-electron chi connectivity index (χ0n) is 14.0. The number of urea groups is 1. The molecule has 130 valence electrons. The molecule has 3 saturated heterocycles. The van der Waals surface area contributed by atoms with Gasteiger partial charge in [-0.1, -0.05) is 6.07 Å². The van der Waals surface area contributed by atoms with E-state index in [1.807, 2.05) is 23.1 Å². The Bertz CT molecular complexity index is 587. The molecule has 4 rings (SSSR count). The predicted octanol–water partition coefficient (Wildman–Crippen LogP) is 2.17. The lowest BCUT2D eigenvalue weighted by molar-refractivity contribution is -0.0596. The van der Waals surface area contributed by atoms with Gasteiger partial charge in [-0.2, -0.15) is 0 Å². The van der Waals surface area contributed by atoms with Crippen LogP contribution in [0.5, 0.6) is 0 Å². The normalized spacial score (nSPS) is 23.0. The van der Waals surface area contributed by atoms with E-state index in [0.29, 0.717) is 5.41 Å². The van der Waals surface area contributed by atoms with Crippen LogP contribution in [0.25, 0.3) is 0 Å². The van der Waals surface area contributed by atoms with Crippen LogP contribution in [0.2, 0.25) is 0 Å². The fraction of sp³-hybridized carbons (Fsp3) is 0.611. The Morgan fingerprint density at radius 2 is 1.75 bits per heavy atom. The number of hydrogen-bond donors (Lipinski definition) is 1. The Morgan fingerprint density at radius 3 is 2.50 bits per heavy atom. The smallest absolute Gasteiger partial charge is 0.321 e. The third-order valence-corrected chi connectivity index (χ3v) is 5.37. The van der Waals surface area contributed by atoms with E-state index in [1.54, 1.807) is 0 Å². The number of carbonyl (C=O) groups is 1. The number of nitrogens with one attached hydrogen (secondary N) is 1. The maximum absolute atomic E-state index is 12.5. The van der Waals surface area contributed by atoms with E-state index in [9.17, 15) is 4.79 Å². The Labute approximate surface area is 142 Å². The first-order valence-corrected chi connectivity index (χ1v) is 8.81. The summed E-state index contributed by atoms with van der Waals surface area (Å²) < 4.78 is 10.8. The summed E-state index contributed by atoms with van der Waals surface area (Å²) in [6.45, 7) is 6.68. The van der Waals surface area contributed by atoms with Gasteiger partial charge in [0.1, 0.15) is 0 Å². The molecule has 6 heteroatoms. The van der Waals surface area contributed by atoms with Crippen LogP contribution in [0.4, 0.5) is 16.2 Å². The number of anilines is 2. The molecule has 3 fully saturated rings. The molecule has 0 aliphatic carbocycles. The van der Waals surface area contributed by atoms with Crippen molar-refractivity contribution in [1.29, 1.82) is 0 Å². The van der Waals surface area contributed by atoms with Gasteiger partial charge in [-0.05, 0) is 31.0 Å². The molecule has 0 unspecified atom stereocenters. The first-order valence-electron chi connectivity index (χ1n) is 8.81. The van der Waals surface area contributed by atoms with Gasteiger partial charge >= 0.3 is 6.03 Å². The van der Waals surface area contributed by atoms with Crippen LogP contribution >= 0.6 is 0 Å². The average molecular weight is 331 g/mol. The van der Waals surface area contributed by atoms with Crippen LogP contribution in [0, 0.1) is 5.41 Å². The maximum atomic E-state index is 12.5. The topological polar surface area (TPSA) is 54.0 Å². The summed E-state index contributed by atoms with van der Waals surface area (Å²) in [5, 5.41) is 3.04. The van der Waals surface area contributed by atoms with E-state index in [1.165, 1.54) is 0 Å². The Kier molecular flexibility index (Phi) is 4.33. The van der Waals surface area contributed by atoms with Crippen molar-refractivity contribution < 1.29 is 14.3 Å². The summed E-state index contributed by atoms with van der Waals surface area (Å²) >= 11 is 0. The summed E-state index contributed by atoms with van der Waals surface area (Å²) in [5.41, 5.74) is 2.31. The second-order valence-electron chi connectivity index (χ2n) is 7.05. The summed E-state index contributed by atoms with van der Waals surface area (Å²) in [6, 6.07) is 8.09. The Morgan fingerprint density at radius 1 is 1.04 bits per heavy atom. The predicted molar refractivity (Wildman–Crippen MR) is 92.6 cm³/mol. The van der Waals surface area contributed by atoms with Crippen LogP contribution in [0.15, 0.2) is 24.3 Å². The van der Waals surface area contributed by atoms with Gasteiger partial charge in [0.05, 0.1) is 13.2 Å². The number of ether oxygens (including phenoxy) is 2. The molecule has 0 bridgehead atoms. The number of carbonyl (C=O) groups excluding carboxylic acids is 1. The highest BCUT2D eigenvalue weighted by Gasteiger charge is 2.45. The average Bonchev–Trinajstić information content (AvgIpc) is 2.61. The van der Waals surface area contributed by atoms with Crippen molar-refractivity contribution in [1.82, 2.24) is 4.90 Å². The molecule has 3 heterocycles. The Balaban J connectivity index is 1.34. The summed E-state index contributed by atoms with van der Waals surface area (Å²) in [5.74, 6) is 0. The second kappa shape index (κ2) is 6.61. The highest BCUT2D eigenvalue weighted by molar-refractivity contribution is 5.90. The van der Waals surface area contributed by atoms with E-state index >= 15 is 0 Å². The van der Waals surface area contributed by atoms with Crippen molar-refractivity contribution in [3.8, 4) is 0 Å². The molecule has 2 amide bonds. The van der Waals surface area contributed by atoms with E-state index in [0.717, 1.165) is 76.8 Å². The van der Waals surface area contributed by atoms with Crippen LogP contribution in [-0.4, -0.2) is 63.5 Å². The molecule has 0 aromatic heterocycles. The summed E-state index contributed by atoms with van der Waals surface area (Å²) in [6.07, 6.45) is 2.15. The lowest BCUT2D eigenvalue weighted by atomic mass is 9.73. The van der Waals surface area contributed by atoms with E-state index in [2.05, 4.69) is 16.3 Å². The van der Waals surface area contributed by atoms with E-state index < -0.39 is 0 Å². The lowest BCUT2D eigenvalue weighted by Gasteiger charge is -2.51. The third-order valence-electron chi connectivity index (χ3n) is 5.37. The molecule has 1 spiro atoms. The first kappa shape index (κ1) is 15.7. The number of morpholine rings is 1. The molecule has 1 aromatic carbocycles. The van der Waals surface area contributed by atoms with Gasteiger partial charge in [-0.25, -0.2) is 4.79 Å². The van der Waals surface area contributed by atoms with E-state index in [4.69, 9.17) is 9.47 Å². The van der Waals surface area contributed by atoms with Crippen molar-refractivity contribution in [2.45, 2.75) is 12.8 Å². The number of hydrogen-bond acceptors (Lipinski definition) is 4. The number of amides is 2. The summed E-state index contributed by atoms with van der Waals surface area (Å²) in [7, 11) is 0. The fourth-order valence-corrected chi connectivity index (χ4v) is 3.83. The van der Waals surface area contributed by atoms with Crippen LogP contribution < -0.4 is 10.2 Å². The number of benzene rings is 1. The van der Waals surface area contributed by atoms with Gasteiger partial charge in [0, 0.05) is 56.2 Å². The van der Waals surface area contributed by atoms with Crippen molar-refractivity contribution in [2.75, 3.05) is 62.8 Å². The second-order valence-corrected chi connectivity index (χ2v) is 7.05. The van der Waals surface area contributed by atoms with Gasteiger partial charge < -0.3 is 24.6 Å². The third kappa shape index (κ3) is 3.21. The molecule has 0 radical (unpaired) electrons. The molecule has 1 aromatic rings. The number of rotatable bonds is 2. The minimum Gasteiger partial charge on any atom is -0.381 e. The molecule has 6 nitrogen and oxygen atoms in total. The molecular weight excluding hydrogens is 306 g/mol. The molecule has 3 aliphatic rings. The molecular formula is C18H25N3O3. The highest BCUT2D eigenvalue weighted by Crippen LogP contribution is 2.39. The SMILES string of the molecule is O=C(Nc1cccc(N2CCOCC2)c1)N1CC2(CCOCC2)C1. The Hall–Kier alpha value is -1.79. The van der Waals surface area contributed by atoms with Gasteiger partial charge in [-0.15, -0.1) is 0 Å². The highest BCUT2D eigenvalue weighted by atomic mass is 16.5. The van der Waals surface area contributed by atoms with Gasteiger partial charge in [0.15, 0.2) is 0 Å². The zero-order chi connectivity index (χ0) is 16.4. The fourth-order valence-electron chi connectivity index (χ4n) is 3.83. The minimum absolute atomic E-state index is 0.00578. The minimum atomic E-state index is 0.00578. The van der Waals surface area contributed by atoms with Crippen molar-refractivity contribution in [2.24, 2.45) is 5.41 Å². The van der Waals surface area contributed by atoms with Crippen LogP contribution in [0.1, 0.15) is 12.8 Å². The van der Waals surface area contributed by atoms with Gasteiger partial charge in [-0.3, -0.25) is 0 Å². The van der Waals surface area contributed by atoms with Crippen molar-refractivity contribution in [3.05, 3.63) is 24.3 Å². The van der Waals surface area contributed by atoms with Gasteiger partial charge in [0.25, 0.3) is 0 Å². The number of nitrogens with zero attached hydrogens (tertiary/aromatic N) is 2. The molecule has 24 heavy (non-hydrogen) atoms. The standard InChI is InChI=1S/C18H25N3O3/c22-17(21-13-18(14-21)4-8-23-9-5-18)19-15-2-1-3-16(12-15)20-6-10-24-11-7-20/h1-3,12H,4-11,13-14H2,(H,19,22). The van der Waals surface area contributed by atoms with Crippen molar-refractivity contribution >= 4 is 17.4 Å². The van der Waals surface area contributed by atoms with Crippen molar-refractivity contribution in [3.63, 3.8) is 0 Å². The van der Waals surface area contributed by atoms with Crippen LogP contribution in [0.3, 0.4) is 0 Å². The molecule has 0 saturated carbocycles. The lowest BCUT2D eigenvalue weighted by Crippen LogP contribution is -2.61. The first-order chi connectivity index (χ1) is 11.7. The molecule has 0 atom stereocenters. The zero-order valence-corrected chi connectivity index (χ0v) is 14.0. The largest absolute Gasteiger partial charge is 0.381 e. The van der Waals surface area contributed by atoms with Crippen LogP contribution in [-0.2, 0) is 9.47 Å². The number of likely N-dealkylation sites (tertiary alicyclic amines) is 1. The quantitative estimate of drug-likeness (QED) is 0.902. The summed E-state index contributed by atoms with van der Waals surface area (Å²) in [4.78, 5) is 16.7.